The number of benzene rings is 1. The van der Waals surface area contributed by atoms with Crippen LogP contribution in [0.3, 0.4) is 0 Å². The zero-order valence-corrected chi connectivity index (χ0v) is 16.7. The Morgan fingerprint density at radius 2 is 2.04 bits per heavy atom. The Morgan fingerprint density at radius 3 is 2.67 bits per heavy atom. The van der Waals surface area contributed by atoms with Crippen LogP contribution in [0.15, 0.2) is 71.1 Å². The van der Waals surface area contributed by atoms with Crippen molar-refractivity contribution in [3.63, 3.8) is 0 Å². The van der Waals surface area contributed by atoms with E-state index in [9.17, 15) is 4.79 Å². The van der Waals surface area contributed by atoms with Crippen LogP contribution in [0.2, 0.25) is 0 Å². The monoisotopic (exact) mass is 393 g/mol. The number of hydrogen-bond donors (Lipinski definition) is 2. The number of aryl methyl sites for hydroxylation is 1. The quantitative estimate of drug-likeness (QED) is 0.617. The molecule has 6 heteroatoms. The number of carbonyl (C=O) groups excluding carboxylic acids is 1. The molecule has 0 radical (unpaired) electrons. The van der Waals surface area contributed by atoms with Gasteiger partial charge in [-0.1, -0.05) is 30.4 Å². The molecular formula is C21H19N3OS2. The molecule has 4 rings (SSSR count). The molecular weight excluding hydrogens is 374 g/mol. The summed E-state index contributed by atoms with van der Waals surface area (Å²) in [6.07, 6.45) is 3.85. The number of hydrogen-bond acceptors (Lipinski definition) is 4. The standard InChI is InChI=1S/C21H19N3OS2/c1-13-5-10-18(26)20(13)21(25)22-15-8-6-14(7-9-15)17-12-16(23-24(17)2)19-4-3-11-27-19/h3-12,18,26H,1-2H3,(H,22,25). The van der Waals surface area contributed by atoms with E-state index in [0.717, 1.165) is 33.1 Å². The van der Waals surface area contributed by atoms with Crippen molar-refractivity contribution >= 4 is 35.6 Å². The van der Waals surface area contributed by atoms with Crippen LogP contribution in [-0.2, 0) is 11.8 Å². The Hall–Kier alpha value is -2.57. The maximum Gasteiger partial charge on any atom is 0.253 e. The molecule has 0 bridgehead atoms. The third kappa shape index (κ3) is 3.50. The van der Waals surface area contributed by atoms with Gasteiger partial charge in [-0.25, -0.2) is 0 Å². The summed E-state index contributed by atoms with van der Waals surface area (Å²) < 4.78 is 1.88. The maximum absolute atomic E-state index is 12.5. The molecule has 2 heterocycles. The molecule has 1 aromatic carbocycles. The predicted octanol–water partition coefficient (Wildman–Crippen LogP) is 4.94. The minimum atomic E-state index is -0.144. The molecule has 1 aliphatic rings. The van der Waals surface area contributed by atoms with Gasteiger partial charge in [0.2, 0.25) is 0 Å². The van der Waals surface area contributed by atoms with Crippen molar-refractivity contribution in [2.24, 2.45) is 7.05 Å². The fraction of sp³-hybridized carbons (Fsp3) is 0.143. The number of aromatic nitrogens is 2. The summed E-state index contributed by atoms with van der Waals surface area (Å²) in [5, 5.41) is 9.47. The molecule has 1 N–H and O–H groups in total. The van der Waals surface area contributed by atoms with Gasteiger partial charge in [-0.3, -0.25) is 9.48 Å². The van der Waals surface area contributed by atoms with Crippen molar-refractivity contribution in [1.82, 2.24) is 9.78 Å². The van der Waals surface area contributed by atoms with Crippen LogP contribution in [0.25, 0.3) is 21.8 Å². The Kier molecular flexibility index (Phi) is 4.76. The van der Waals surface area contributed by atoms with Gasteiger partial charge in [0, 0.05) is 18.3 Å². The Bertz CT molecular complexity index is 1040. The van der Waals surface area contributed by atoms with Gasteiger partial charge >= 0.3 is 0 Å². The fourth-order valence-corrected chi connectivity index (χ4v) is 4.26. The van der Waals surface area contributed by atoms with Crippen molar-refractivity contribution in [1.29, 1.82) is 0 Å². The number of nitrogens with zero attached hydrogens (tertiary/aromatic N) is 2. The van der Waals surface area contributed by atoms with Crippen molar-refractivity contribution in [3.8, 4) is 21.8 Å². The van der Waals surface area contributed by atoms with Crippen molar-refractivity contribution in [2.45, 2.75) is 12.2 Å². The number of thiol groups is 1. The normalized spacial score (nSPS) is 16.2. The van der Waals surface area contributed by atoms with Crippen molar-refractivity contribution in [3.05, 3.63) is 71.1 Å². The van der Waals surface area contributed by atoms with E-state index in [-0.39, 0.29) is 11.2 Å². The predicted molar refractivity (Wildman–Crippen MR) is 115 cm³/mol. The summed E-state index contributed by atoms with van der Waals surface area (Å²) in [5.74, 6) is -0.106. The second-order valence-corrected chi connectivity index (χ2v) is 7.95. The minimum Gasteiger partial charge on any atom is -0.322 e. The highest BCUT2D eigenvalue weighted by atomic mass is 32.1. The molecule has 1 unspecified atom stereocenters. The number of thiophene rings is 1. The molecule has 4 nitrogen and oxygen atoms in total. The zero-order valence-electron chi connectivity index (χ0n) is 15.0. The molecule has 27 heavy (non-hydrogen) atoms. The van der Waals surface area contributed by atoms with Gasteiger partial charge < -0.3 is 5.32 Å². The van der Waals surface area contributed by atoms with Crippen LogP contribution in [0, 0.1) is 0 Å². The first-order valence-corrected chi connectivity index (χ1v) is 9.99. The topological polar surface area (TPSA) is 46.9 Å². The molecule has 2 aromatic heterocycles. The lowest BCUT2D eigenvalue weighted by Crippen LogP contribution is -2.19. The second-order valence-electron chi connectivity index (χ2n) is 6.45. The zero-order chi connectivity index (χ0) is 19.0. The van der Waals surface area contributed by atoms with Gasteiger partial charge in [0.15, 0.2) is 0 Å². The van der Waals surface area contributed by atoms with E-state index >= 15 is 0 Å². The van der Waals surface area contributed by atoms with Crippen LogP contribution < -0.4 is 5.32 Å². The molecule has 0 aliphatic heterocycles. The van der Waals surface area contributed by atoms with E-state index in [4.69, 9.17) is 0 Å². The maximum atomic E-state index is 12.5. The molecule has 0 saturated heterocycles. The number of nitrogens with one attached hydrogen (secondary N) is 1. The second kappa shape index (κ2) is 7.21. The van der Waals surface area contributed by atoms with Gasteiger partial charge in [-0.2, -0.15) is 17.7 Å². The first-order valence-electron chi connectivity index (χ1n) is 8.59. The minimum absolute atomic E-state index is 0.106. The molecule has 136 valence electrons. The molecule has 0 fully saturated rings. The number of carbonyl (C=O) groups is 1. The van der Waals surface area contributed by atoms with E-state index in [0.29, 0.717) is 5.57 Å². The average Bonchev–Trinajstić information content (AvgIpc) is 3.36. The molecule has 1 aliphatic carbocycles. The third-order valence-electron chi connectivity index (χ3n) is 4.59. The number of anilines is 1. The van der Waals surface area contributed by atoms with E-state index in [1.807, 2.05) is 66.5 Å². The van der Waals surface area contributed by atoms with E-state index < -0.39 is 0 Å². The number of amides is 1. The van der Waals surface area contributed by atoms with Gasteiger partial charge in [-0.05, 0) is 47.7 Å². The Labute approximate surface area is 167 Å². The van der Waals surface area contributed by atoms with Crippen LogP contribution in [-0.4, -0.2) is 20.9 Å². The lowest BCUT2D eigenvalue weighted by Gasteiger charge is -2.11. The number of allylic oxidation sites excluding steroid dienone is 2. The lowest BCUT2D eigenvalue weighted by atomic mass is 10.1. The van der Waals surface area contributed by atoms with Crippen molar-refractivity contribution in [2.75, 3.05) is 5.32 Å². The van der Waals surface area contributed by atoms with E-state index in [1.165, 1.54) is 0 Å². The SMILES string of the molecule is CC1=C(C(=O)Nc2ccc(-c3cc(-c4cccs4)nn3C)cc2)C(S)C=C1. The number of rotatable bonds is 4. The smallest absolute Gasteiger partial charge is 0.253 e. The van der Waals surface area contributed by atoms with Gasteiger partial charge in [0.1, 0.15) is 5.69 Å². The van der Waals surface area contributed by atoms with Gasteiger partial charge in [0.25, 0.3) is 5.91 Å². The molecule has 0 spiro atoms. The summed E-state index contributed by atoms with van der Waals surface area (Å²) in [7, 11) is 1.94. The van der Waals surface area contributed by atoms with Crippen molar-refractivity contribution < 1.29 is 4.79 Å². The molecule has 1 atom stereocenters. The van der Waals surface area contributed by atoms with Crippen LogP contribution in [0.4, 0.5) is 5.69 Å². The molecule has 1 amide bonds. The van der Waals surface area contributed by atoms with E-state index in [2.05, 4.69) is 35.2 Å². The largest absolute Gasteiger partial charge is 0.322 e. The summed E-state index contributed by atoms with van der Waals surface area (Å²) in [4.78, 5) is 13.7. The molecule has 3 aromatic rings. The summed E-state index contributed by atoms with van der Waals surface area (Å²) in [5.41, 5.74) is 5.48. The van der Waals surface area contributed by atoms with Crippen LogP contribution in [0.5, 0.6) is 0 Å². The highest BCUT2D eigenvalue weighted by molar-refractivity contribution is 7.81. The summed E-state index contributed by atoms with van der Waals surface area (Å²) in [6.45, 7) is 1.93. The summed E-state index contributed by atoms with van der Waals surface area (Å²) in [6, 6.07) is 14.0. The third-order valence-corrected chi connectivity index (χ3v) is 5.91. The highest BCUT2D eigenvalue weighted by Gasteiger charge is 2.22. The Morgan fingerprint density at radius 1 is 1.26 bits per heavy atom. The first kappa shape index (κ1) is 17.8. The first-order chi connectivity index (χ1) is 13.0. The lowest BCUT2D eigenvalue weighted by molar-refractivity contribution is -0.112. The van der Waals surface area contributed by atoms with Gasteiger partial charge in [-0.15, -0.1) is 11.3 Å². The van der Waals surface area contributed by atoms with E-state index in [1.54, 1.807) is 11.3 Å². The Balaban J connectivity index is 1.53. The summed E-state index contributed by atoms with van der Waals surface area (Å²) >= 11 is 6.12. The van der Waals surface area contributed by atoms with Crippen LogP contribution in [0.1, 0.15) is 6.92 Å². The molecule has 0 saturated carbocycles. The average molecular weight is 394 g/mol. The highest BCUT2D eigenvalue weighted by Crippen LogP contribution is 2.29. The van der Waals surface area contributed by atoms with Crippen LogP contribution >= 0.6 is 24.0 Å². The van der Waals surface area contributed by atoms with Gasteiger partial charge in [0.05, 0.1) is 15.8 Å². The fourth-order valence-electron chi connectivity index (χ4n) is 3.17.